The van der Waals surface area contributed by atoms with Crippen LogP contribution >= 0.6 is 23.2 Å². The van der Waals surface area contributed by atoms with Gasteiger partial charge >= 0.3 is 0 Å². The number of alkyl halides is 2. The summed E-state index contributed by atoms with van der Waals surface area (Å²) in [6.07, 6.45) is 5.80. The second-order valence-corrected chi connectivity index (χ2v) is 16.7. The van der Waals surface area contributed by atoms with Crippen LogP contribution in [-0.2, 0) is 37.6 Å². The Morgan fingerprint density at radius 1 is 0.638 bits per heavy atom. The van der Waals surface area contributed by atoms with Crippen LogP contribution < -0.4 is 24.0 Å². The molecule has 0 fully saturated rings. The number of amides is 2. The van der Waals surface area contributed by atoms with Crippen LogP contribution in [0.15, 0.2) is 119 Å². The summed E-state index contributed by atoms with van der Waals surface area (Å²) in [5.41, 5.74) is 8.89. The Balaban J connectivity index is 0.000000156. The number of rotatable bonds is 10. The molecule has 2 atom stereocenters. The molecule has 0 saturated heterocycles. The van der Waals surface area contributed by atoms with Gasteiger partial charge in [0.25, 0.3) is 23.2 Å². The van der Waals surface area contributed by atoms with E-state index in [4.69, 9.17) is 37.4 Å². The minimum absolute atomic E-state index is 0.0198. The van der Waals surface area contributed by atoms with E-state index in [1.807, 2.05) is 61.5 Å². The summed E-state index contributed by atoms with van der Waals surface area (Å²) in [4.78, 5) is 59.8. The smallest absolute Gasteiger partial charge is 0.270 e. The van der Waals surface area contributed by atoms with Gasteiger partial charge in [-0.25, -0.2) is 0 Å². The molecule has 69 heavy (non-hydrogen) atoms. The number of aromatic hydroxyl groups is 1. The monoisotopic (exact) mass is 970 g/mol. The second-order valence-electron chi connectivity index (χ2n) is 16.2. The molecular formula is C51H44Cl2N6O10. The average molecular weight is 972 g/mol. The van der Waals surface area contributed by atoms with Crippen molar-refractivity contribution in [3.05, 3.63) is 174 Å². The number of para-hydroxylation sites is 2. The zero-order valence-electron chi connectivity index (χ0n) is 37.5. The zero-order chi connectivity index (χ0) is 48.9. The SMILES string of the molecule is CCc1cc(CCl)cc([N+](=O)[O-])c1.COc1cc2c(cc1O)N=C[C@@H]1Cc3ccccc3N1C2=O.COc1cc2c(cc1OCc1cc(CCl)cc([N+](=O)[O-])c1)N=C[C@@H]1Cc3ccccc3N1C2=O. The molecule has 352 valence electrons. The van der Waals surface area contributed by atoms with Crippen LogP contribution in [0.2, 0.25) is 0 Å². The average Bonchev–Trinajstić information content (AvgIpc) is 3.86. The van der Waals surface area contributed by atoms with Gasteiger partial charge in [0.05, 0.1) is 58.7 Å². The minimum atomic E-state index is -0.465. The second kappa shape index (κ2) is 20.6. The Morgan fingerprint density at radius 2 is 1.10 bits per heavy atom. The van der Waals surface area contributed by atoms with Gasteiger partial charge < -0.3 is 19.3 Å². The molecule has 6 aromatic rings. The van der Waals surface area contributed by atoms with E-state index >= 15 is 0 Å². The molecule has 2 amide bonds. The third-order valence-corrected chi connectivity index (χ3v) is 12.5. The Bertz CT molecular complexity index is 3050. The summed E-state index contributed by atoms with van der Waals surface area (Å²) >= 11 is 11.5. The van der Waals surface area contributed by atoms with Crippen molar-refractivity contribution in [1.82, 2.24) is 0 Å². The predicted molar refractivity (Wildman–Crippen MR) is 264 cm³/mol. The molecule has 0 aliphatic carbocycles. The fourth-order valence-corrected chi connectivity index (χ4v) is 8.89. The molecule has 0 saturated carbocycles. The Labute approximate surface area is 406 Å². The molecule has 0 spiro atoms. The fourth-order valence-electron chi connectivity index (χ4n) is 8.58. The number of aliphatic imine (C=N–C) groups is 2. The standard InChI is InChI=1S/C25H20ClN3O5.C17H14N2O3.C9H10ClNO2/c1-33-23-10-20-21(27-13-19-9-17-4-2-3-5-22(17)28(19)25(20)30)11-24(23)34-14-16-6-15(12-26)7-18(8-16)29(31)32;1-22-16-7-12-13(8-15(16)20)18-9-11-6-10-4-2-3-5-14(10)19(11)17(12)21;1-2-7-3-8(6-10)5-9(4-7)11(12)13/h2-8,10-11,13,19H,9,12,14H2,1H3;2-5,7-9,11,20H,6H2,1H3;3-5H,2,6H2,1H3/t19-;11-;/m00./s1. The highest BCUT2D eigenvalue weighted by Gasteiger charge is 2.38. The fraction of sp³-hybridized carbons (Fsp3) is 0.216. The van der Waals surface area contributed by atoms with Crippen LogP contribution in [0.4, 0.5) is 34.1 Å². The maximum Gasteiger partial charge on any atom is 0.270 e. The Kier molecular flexibility index (Phi) is 14.2. The highest BCUT2D eigenvalue weighted by Crippen LogP contribution is 2.42. The van der Waals surface area contributed by atoms with Gasteiger partial charge in [-0.1, -0.05) is 55.5 Å². The molecule has 1 N–H and O–H groups in total. The first-order valence-corrected chi connectivity index (χ1v) is 22.7. The van der Waals surface area contributed by atoms with Crippen molar-refractivity contribution in [2.75, 3.05) is 24.0 Å². The predicted octanol–water partition coefficient (Wildman–Crippen LogP) is 10.8. The molecule has 0 aromatic heterocycles. The normalized spacial score (nSPS) is 15.6. The van der Waals surface area contributed by atoms with Crippen molar-refractivity contribution in [2.24, 2.45) is 9.98 Å². The van der Waals surface area contributed by atoms with Gasteiger partial charge in [-0.15, -0.1) is 23.2 Å². The lowest BCUT2D eigenvalue weighted by Crippen LogP contribution is -2.37. The number of carbonyl (C=O) groups is 2. The molecule has 16 nitrogen and oxygen atoms in total. The van der Waals surface area contributed by atoms with E-state index < -0.39 is 9.85 Å². The number of non-ortho nitro benzene ring substituents is 2. The third-order valence-electron chi connectivity index (χ3n) is 11.9. The first kappa shape index (κ1) is 47.7. The molecule has 10 rings (SSSR count). The van der Waals surface area contributed by atoms with Crippen LogP contribution in [0.25, 0.3) is 0 Å². The molecule has 18 heteroatoms. The van der Waals surface area contributed by atoms with E-state index in [0.29, 0.717) is 57.4 Å². The van der Waals surface area contributed by atoms with Gasteiger partial charge in [0.1, 0.15) is 6.61 Å². The first-order valence-electron chi connectivity index (χ1n) is 21.7. The van der Waals surface area contributed by atoms with Crippen LogP contribution in [0, 0.1) is 20.2 Å². The molecule has 4 aliphatic heterocycles. The number of nitro groups is 2. The van der Waals surface area contributed by atoms with E-state index in [1.165, 1.54) is 38.5 Å². The van der Waals surface area contributed by atoms with Crippen LogP contribution in [0.3, 0.4) is 0 Å². The maximum absolute atomic E-state index is 13.5. The van der Waals surface area contributed by atoms with E-state index in [0.717, 1.165) is 46.5 Å². The number of hydrogen-bond donors (Lipinski definition) is 1. The number of nitrogens with zero attached hydrogens (tertiary/aromatic N) is 6. The van der Waals surface area contributed by atoms with Crippen LogP contribution in [-0.4, -0.2) is 65.5 Å². The van der Waals surface area contributed by atoms with Gasteiger partial charge in [-0.2, -0.15) is 0 Å². The van der Waals surface area contributed by atoms with Crippen molar-refractivity contribution >= 4 is 81.6 Å². The molecule has 4 heterocycles. The van der Waals surface area contributed by atoms with Crippen molar-refractivity contribution in [3.8, 4) is 23.0 Å². The number of carbonyl (C=O) groups excluding carboxylic acids is 2. The number of halogens is 2. The van der Waals surface area contributed by atoms with Crippen LogP contribution in [0.5, 0.6) is 23.0 Å². The van der Waals surface area contributed by atoms with Gasteiger partial charge in [0.2, 0.25) is 0 Å². The van der Waals surface area contributed by atoms with Gasteiger partial charge in [-0.3, -0.25) is 49.6 Å². The summed E-state index contributed by atoms with van der Waals surface area (Å²) in [6.45, 7) is 2.01. The van der Waals surface area contributed by atoms with Gasteiger partial charge in [0, 0.05) is 84.8 Å². The summed E-state index contributed by atoms with van der Waals surface area (Å²) < 4.78 is 16.6. The molecule has 0 bridgehead atoms. The maximum atomic E-state index is 13.5. The molecule has 0 unspecified atom stereocenters. The minimum Gasteiger partial charge on any atom is -0.504 e. The Morgan fingerprint density at radius 3 is 1.59 bits per heavy atom. The quantitative estimate of drug-likeness (QED) is 0.0782. The molecule has 0 radical (unpaired) electrons. The molecule has 6 aromatic carbocycles. The number of methoxy groups -OCH3 is 2. The summed E-state index contributed by atoms with van der Waals surface area (Å²) in [5.74, 6) is 1.19. The summed E-state index contributed by atoms with van der Waals surface area (Å²) in [7, 11) is 2.95. The third kappa shape index (κ3) is 9.94. The number of hydrogen-bond acceptors (Lipinski definition) is 12. The summed E-state index contributed by atoms with van der Waals surface area (Å²) in [5, 5.41) is 31.6. The number of nitro benzene ring substituents is 2. The van der Waals surface area contributed by atoms with Crippen molar-refractivity contribution < 1.29 is 38.8 Å². The zero-order valence-corrected chi connectivity index (χ0v) is 39.0. The van der Waals surface area contributed by atoms with E-state index in [-0.39, 0.29) is 59.3 Å². The van der Waals surface area contributed by atoms with Crippen molar-refractivity contribution in [3.63, 3.8) is 0 Å². The number of ether oxygens (including phenoxy) is 3. The number of aryl methyl sites for hydroxylation is 1. The van der Waals surface area contributed by atoms with E-state index in [2.05, 4.69) is 9.98 Å². The topological polar surface area (TPSA) is 200 Å². The number of fused-ring (bicyclic) bond motifs is 8. The van der Waals surface area contributed by atoms with Gasteiger partial charge in [0.15, 0.2) is 23.0 Å². The summed E-state index contributed by atoms with van der Waals surface area (Å²) in [6, 6.07) is 31.4. The largest absolute Gasteiger partial charge is 0.504 e. The first-order chi connectivity index (χ1) is 33.3. The number of benzene rings is 6. The van der Waals surface area contributed by atoms with Crippen molar-refractivity contribution in [2.45, 2.75) is 56.6 Å². The lowest BCUT2D eigenvalue weighted by molar-refractivity contribution is -0.385. The lowest BCUT2D eigenvalue weighted by Gasteiger charge is -2.22. The number of phenolic OH excluding ortho intramolecular Hbond substituents is 1. The molecule has 4 aliphatic rings. The van der Waals surface area contributed by atoms with E-state index in [1.54, 1.807) is 52.6 Å². The Hall–Kier alpha value is -7.82. The van der Waals surface area contributed by atoms with E-state index in [9.17, 15) is 34.9 Å². The van der Waals surface area contributed by atoms with Gasteiger partial charge in [-0.05, 0) is 64.1 Å². The van der Waals surface area contributed by atoms with Crippen LogP contribution in [0.1, 0.15) is 61.0 Å². The lowest BCUT2D eigenvalue weighted by atomic mass is 10.1. The highest BCUT2D eigenvalue weighted by atomic mass is 35.5. The number of phenols is 1. The molecular weight excluding hydrogens is 927 g/mol. The highest BCUT2D eigenvalue weighted by molar-refractivity contribution is 6.17. The number of anilines is 2. The van der Waals surface area contributed by atoms with Crippen molar-refractivity contribution in [1.29, 1.82) is 0 Å².